The summed E-state index contributed by atoms with van der Waals surface area (Å²) in [6.45, 7) is 7.21. The number of nitrogens with zero attached hydrogens (tertiary/aromatic N) is 1. The van der Waals surface area contributed by atoms with Gasteiger partial charge in [0.2, 0.25) is 0 Å². The van der Waals surface area contributed by atoms with E-state index in [0.29, 0.717) is 13.2 Å². The Morgan fingerprint density at radius 1 is 1.40 bits per heavy atom. The molecule has 0 aromatic heterocycles. The van der Waals surface area contributed by atoms with Gasteiger partial charge in [0.15, 0.2) is 0 Å². The van der Waals surface area contributed by atoms with Crippen LogP contribution in [0.4, 0.5) is 0 Å². The van der Waals surface area contributed by atoms with Crippen LogP contribution < -0.4 is 0 Å². The number of allylic oxidation sites excluding steroid dienone is 1. The first-order chi connectivity index (χ1) is 7.02. The SMILES string of the molecule is CC(C)=CCN(C)CC1(O)CCOCC1. The number of likely N-dealkylation sites (N-methyl/N-ethyl adjacent to an activating group) is 1. The van der Waals surface area contributed by atoms with Crippen molar-refractivity contribution < 1.29 is 9.84 Å². The first kappa shape index (κ1) is 12.7. The van der Waals surface area contributed by atoms with Gasteiger partial charge in [0, 0.05) is 39.1 Å². The first-order valence-electron chi connectivity index (χ1n) is 5.64. The monoisotopic (exact) mass is 213 g/mol. The second-order valence-electron chi connectivity index (χ2n) is 4.81. The molecule has 0 atom stereocenters. The molecule has 0 spiro atoms. The molecule has 1 fully saturated rings. The van der Waals surface area contributed by atoms with E-state index >= 15 is 0 Å². The Hall–Kier alpha value is -0.380. The lowest BCUT2D eigenvalue weighted by molar-refractivity contribution is -0.0757. The zero-order chi connectivity index (χ0) is 11.3. The molecule has 1 N–H and O–H groups in total. The highest BCUT2D eigenvalue weighted by molar-refractivity contribution is 4.95. The van der Waals surface area contributed by atoms with Gasteiger partial charge in [-0.2, -0.15) is 0 Å². The van der Waals surface area contributed by atoms with Gasteiger partial charge < -0.3 is 9.84 Å². The minimum absolute atomic E-state index is 0.539. The summed E-state index contributed by atoms with van der Waals surface area (Å²) < 4.78 is 5.25. The van der Waals surface area contributed by atoms with Crippen LogP contribution in [-0.2, 0) is 4.74 Å². The molecule has 88 valence electrons. The molecule has 3 heteroatoms. The molecule has 0 unspecified atom stereocenters. The quantitative estimate of drug-likeness (QED) is 0.717. The molecule has 1 saturated heterocycles. The highest BCUT2D eigenvalue weighted by Gasteiger charge is 2.30. The van der Waals surface area contributed by atoms with E-state index < -0.39 is 5.60 Å². The maximum absolute atomic E-state index is 10.3. The van der Waals surface area contributed by atoms with Crippen molar-refractivity contribution in [3.8, 4) is 0 Å². The third-order valence-corrected chi connectivity index (χ3v) is 2.80. The maximum Gasteiger partial charge on any atom is 0.0817 e. The van der Waals surface area contributed by atoms with Crippen molar-refractivity contribution in [2.45, 2.75) is 32.3 Å². The van der Waals surface area contributed by atoms with Gasteiger partial charge in [-0.3, -0.25) is 4.90 Å². The zero-order valence-corrected chi connectivity index (χ0v) is 10.1. The van der Waals surface area contributed by atoms with Crippen LogP contribution in [0.2, 0.25) is 0 Å². The van der Waals surface area contributed by atoms with E-state index in [1.54, 1.807) is 0 Å². The Morgan fingerprint density at radius 3 is 2.53 bits per heavy atom. The Balaban J connectivity index is 2.35. The van der Waals surface area contributed by atoms with Crippen molar-refractivity contribution in [3.05, 3.63) is 11.6 Å². The molecule has 0 aromatic rings. The van der Waals surface area contributed by atoms with Crippen LogP contribution in [-0.4, -0.2) is 49.0 Å². The molecule has 0 radical (unpaired) electrons. The third kappa shape index (κ3) is 4.78. The topological polar surface area (TPSA) is 32.7 Å². The summed E-state index contributed by atoms with van der Waals surface area (Å²) in [5.74, 6) is 0. The Kier molecular flexibility index (Phi) is 4.77. The zero-order valence-electron chi connectivity index (χ0n) is 10.1. The molecule has 0 saturated carbocycles. The number of ether oxygens (including phenoxy) is 1. The molecule has 15 heavy (non-hydrogen) atoms. The van der Waals surface area contributed by atoms with E-state index in [0.717, 1.165) is 25.9 Å². The summed E-state index contributed by atoms with van der Waals surface area (Å²) in [4.78, 5) is 2.16. The highest BCUT2D eigenvalue weighted by Crippen LogP contribution is 2.21. The molecule has 3 nitrogen and oxygen atoms in total. The summed E-state index contributed by atoms with van der Waals surface area (Å²) in [6.07, 6.45) is 3.70. The fourth-order valence-electron chi connectivity index (χ4n) is 1.81. The number of hydrogen-bond donors (Lipinski definition) is 1. The average Bonchev–Trinajstić information content (AvgIpc) is 2.15. The van der Waals surface area contributed by atoms with Gasteiger partial charge in [0.1, 0.15) is 0 Å². The molecule has 0 bridgehead atoms. The van der Waals surface area contributed by atoms with Crippen molar-refractivity contribution in [3.63, 3.8) is 0 Å². The first-order valence-corrected chi connectivity index (χ1v) is 5.64. The summed E-state index contributed by atoms with van der Waals surface area (Å²) in [6, 6.07) is 0. The molecular weight excluding hydrogens is 190 g/mol. The number of hydrogen-bond acceptors (Lipinski definition) is 3. The normalized spacial score (nSPS) is 20.3. The Bertz CT molecular complexity index is 216. The highest BCUT2D eigenvalue weighted by atomic mass is 16.5. The fourth-order valence-corrected chi connectivity index (χ4v) is 1.81. The van der Waals surface area contributed by atoms with Crippen LogP contribution in [0.5, 0.6) is 0 Å². The van der Waals surface area contributed by atoms with Crippen molar-refractivity contribution >= 4 is 0 Å². The predicted octanol–water partition coefficient (Wildman–Crippen LogP) is 1.43. The number of rotatable bonds is 4. The van der Waals surface area contributed by atoms with E-state index in [2.05, 4.69) is 24.8 Å². The van der Waals surface area contributed by atoms with Crippen LogP contribution in [0.25, 0.3) is 0 Å². The molecule has 1 heterocycles. The second-order valence-corrected chi connectivity index (χ2v) is 4.81. The summed E-state index contributed by atoms with van der Waals surface area (Å²) in [7, 11) is 2.05. The molecular formula is C12H23NO2. The van der Waals surface area contributed by atoms with E-state index in [4.69, 9.17) is 4.74 Å². The van der Waals surface area contributed by atoms with Crippen LogP contribution >= 0.6 is 0 Å². The third-order valence-electron chi connectivity index (χ3n) is 2.80. The lowest BCUT2D eigenvalue weighted by Gasteiger charge is -2.35. The van der Waals surface area contributed by atoms with Gasteiger partial charge in [-0.25, -0.2) is 0 Å². The molecule has 0 aliphatic carbocycles. The van der Waals surface area contributed by atoms with Gasteiger partial charge in [-0.15, -0.1) is 0 Å². The molecule has 1 aliphatic heterocycles. The number of aliphatic hydroxyl groups is 1. The molecule has 0 amide bonds. The van der Waals surface area contributed by atoms with Crippen LogP contribution in [0.1, 0.15) is 26.7 Å². The van der Waals surface area contributed by atoms with Crippen molar-refractivity contribution in [2.24, 2.45) is 0 Å². The van der Waals surface area contributed by atoms with E-state index in [-0.39, 0.29) is 0 Å². The molecule has 0 aromatic carbocycles. The maximum atomic E-state index is 10.3. The fraction of sp³-hybridized carbons (Fsp3) is 0.833. The van der Waals surface area contributed by atoms with Gasteiger partial charge in [-0.1, -0.05) is 11.6 Å². The largest absolute Gasteiger partial charge is 0.388 e. The molecule has 1 aliphatic rings. The van der Waals surface area contributed by atoms with E-state index in [1.165, 1.54) is 5.57 Å². The lowest BCUT2D eigenvalue weighted by atomic mass is 9.94. The summed E-state index contributed by atoms with van der Waals surface area (Å²) in [5, 5.41) is 10.3. The van der Waals surface area contributed by atoms with Crippen molar-refractivity contribution in [2.75, 3.05) is 33.4 Å². The lowest BCUT2D eigenvalue weighted by Crippen LogP contribution is -2.45. The van der Waals surface area contributed by atoms with Crippen LogP contribution in [0.15, 0.2) is 11.6 Å². The second kappa shape index (κ2) is 5.64. The van der Waals surface area contributed by atoms with Gasteiger partial charge in [-0.05, 0) is 20.9 Å². The van der Waals surface area contributed by atoms with Gasteiger partial charge >= 0.3 is 0 Å². The molecule has 1 rings (SSSR count). The average molecular weight is 213 g/mol. The minimum atomic E-state index is -0.539. The Labute approximate surface area is 92.7 Å². The van der Waals surface area contributed by atoms with Crippen LogP contribution in [0, 0.1) is 0 Å². The van der Waals surface area contributed by atoms with E-state index in [9.17, 15) is 5.11 Å². The predicted molar refractivity (Wildman–Crippen MR) is 61.9 cm³/mol. The van der Waals surface area contributed by atoms with Crippen LogP contribution in [0.3, 0.4) is 0 Å². The summed E-state index contributed by atoms with van der Waals surface area (Å²) >= 11 is 0. The minimum Gasteiger partial charge on any atom is -0.388 e. The Morgan fingerprint density at radius 2 is 2.00 bits per heavy atom. The summed E-state index contributed by atoms with van der Waals surface area (Å²) in [5.41, 5.74) is 0.781. The smallest absolute Gasteiger partial charge is 0.0817 e. The van der Waals surface area contributed by atoms with Gasteiger partial charge in [0.25, 0.3) is 0 Å². The van der Waals surface area contributed by atoms with Crippen molar-refractivity contribution in [1.29, 1.82) is 0 Å². The van der Waals surface area contributed by atoms with E-state index in [1.807, 2.05) is 7.05 Å². The van der Waals surface area contributed by atoms with Crippen molar-refractivity contribution in [1.82, 2.24) is 4.90 Å². The standard InChI is InChI=1S/C12H23NO2/c1-11(2)4-7-13(3)10-12(14)5-8-15-9-6-12/h4,14H,5-10H2,1-3H3. The van der Waals surface area contributed by atoms with Gasteiger partial charge in [0.05, 0.1) is 5.60 Å².